The molecule has 6 rings (SSSR count). The summed E-state index contributed by atoms with van der Waals surface area (Å²) in [6.45, 7) is 2.60. The van der Waals surface area contributed by atoms with E-state index < -0.39 is 6.10 Å². The van der Waals surface area contributed by atoms with Crippen LogP contribution in [0.2, 0.25) is 0 Å². The summed E-state index contributed by atoms with van der Waals surface area (Å²) in [6, 6.07) is 26.5. The first-order valence-corrected chi connectivity index (χ1v) is 15.0. The summed E-state index contributed by atoms with van der Waals surface area (Å²) in [5.74, 6) is 7.62. The number of ether oxygens (including phenoxy) is 1. The van der Waals surface area contributed by atoms with Crippen molar-refractivity contribution in [2.45, 2.75) is 49.5 Å². The molecule has 0 spiro atoms. The number of likely N-dealkylation sites (N-methyl/N-ethyl adjacent to an activating group) is 1. The normalized spacial score (nSPS) is 24.0. The molecule has 2 heterocycles. The van der Waals surface area contributed by atoms with E-state index in [4.69, 9.17) is 4.74 Å². The minimum absolute atomic E-state index is 0.170. The van der Waals surface area contributed by atoms with Gasteiger partial charge in [-0.3, -0.25) is 4.90 Å². The van der Waals surface area contributed by atoms with Crippen LogP contribution in [0.1, 0.15) is 41.9 Å². The molecule has 7 nitrogen and oxygen atoms in total. The van der Waals surface area contributed by atoms with Crippen molar-refractivity contribution >= 4 is 11.7 Å². The lowest BCUT2D eigenvalue weighted by Gasteiger charge is -2.58. The zero-order valence-electron chi connectivity index (χ0n) is 24.4. The SMILES string of the molecule is CN(C)C[C@@H]1[C@H](c2ccc(C#Cc3ccccc3)cc2)[C@@H]2CN(C(=O)Nc3ccc(OC4CC4)cc3)C[C@H](O)CCN12. The number of nitrogens with zero attached hydrogens (tertiary/aromatic N) is 3. The van der Waals surface area contributed by atoms with E-state index in [0.29, 0.717) is 31.7 Å². The molecule has 0 unspecified atom stereocenters. The second-order valence-corrected chi connectivity index (χ2v) is 12.0. The summed E-state index contributed by atoms with van der Waals surface area (Å²) in [4.78, 5) is 20.0. The molecule has 3 aromatic carbocycles. The maximum Gasteiger partial charge on any atom is 0.321 e. The van der Waals surface area contributed by atoms with Gasteiger partial charge in [0.1, 0.15) is 5.75 Å². The summed E-state index contributed by atoms with van der Waals surface area (Å²) in [7, 11) is 4.21. The van der Waals surface area contributed by atoms with Crippen molar-refractivity contribution < 1.29 is 14.6 Å². The molecule has 0 aromatic heterocycles. The molecule has 4 atom stereocenters. The van der Waals surface area contributed by atoms with Crippen LogP contribution < -0.4 is 10.1 Å². The molecule has 1 aliphatic carbocycles. The monoisotopic (exact) mass is 564 g/mol. The number of anilines is 1. The van der Waals surface area contributed by atoms with Gasteiger partial charge in [-0.1, -0.05) is 42.2 Å². The quantitative estimate of drug-likeness (QED) is 0.428. The molecule has 42 heavy (non-hydrogen) atoms. The second kappa shape index (κ2) is 12.6. The Morgan fingerprint density at radius 1 is 0.929 bits per heavy atom. The third-order valence-corrected chi connectivity index (χ3v) is 8.43. The van der Waals surface area contributed by atoms with Gasteiger partial charge in [0.05, 0.1) is 12.2 Å². The van der Waals surface area contributed by atoms with Gasteiger partial charge in [0, 0.05) is 61.0 Å². The van der Waals surface area contributed by atoms with Crippen LogP contribution >= 0.6 is 0 Å². The van der Waals surface area contributed by atoms with Crippen molar-refractivity contribution in [1.82, 2.24) is 14.7 Å². The summed E-state index contributed by atoms with van der Waals surface area (Å²) in [5, 5.41) is 13.8. The summed E-state index contributed by atoms with van der Waals surface area (Å²) in [6.07, 6.45) is 2.62. The molecule has 0 radical (unpaired) electrons. The maximum atomic E-state index is 13.5. The van der Waals surface area contributed by atoms with Crippen LogP contribution in [0.15, 0.2) is 78.9 Å². The number of benzene rings is 3. The Kier molecular flexibility index (Phi) is 8.48. The number of hydrogen-bond donors (Lipinski definition) is 2. The van der Waals surface area contributed by atoms with Gasteiger partial charge in [0.2, 0.25) is 0 Å². The van der Waals surface area contributed by atoms with Crippen LogP contribution in [-0.2, 0) is 0 Å². The van der Waals surface area contributed by atoms with Gasteiger partial charge in [-0.15, -0.1) is 0 Å². The minimum atomic E-state index is -0.562. The number of carbonyl (C=O) groups is 1. The number of urea groups is 1. The van der Waals surface area contributed by atoms with Gasteiger partial charge >= 0.3 is 6.03 Å². The summed E-state index contributed by atoms with van der Waals surface area (Å²) < 4.78 is 5.84. The standard InChI is InChI=1S/C35H40N4O3/c1-37(2)23-32-34(27-12-10-26(11-13-27)9-8-25-6-4-3-5-7-25)33-24-38(22-29(40)20-21-39(32)33)35(41)36-28-14-16-30(17-15-28)42-31-18-19-31/h3-7,10-17,29,31-34,40H,18-24H2,1-2H3,(H,36,41)/t29-,32-,33+,34+/m1/s1. The van der Waals surface area contributed by atoms with Gasteiger partial charge in [-0.2, -0.15) is 0 Å². The molecular formula is C35H40N4O3. The Labute approximate surface area is 249 Å². The topological polar surface area (TPSA) is 68.3 Å². The third kappa shape index (κ3) is 6.79. The van der Waals surface area contributed by atoms with Crippen molar-refractivity contribution in [2.75, 3.05) is 45.6 Å². The van der Waals surface area contributed by atoms with E-state index in [2.05, 4.69) is 65.3 Å². The number of nitrogens with one attached hydrogen (secondary N) is 1. The second-order valence-electron chi connectivity index (χ2n) is 12.0. The number of carbonyl (C=O) groups excluding carboxylic acids is 1. The zero-order valence-corrected chi connectivity index (χ0v) is 24.4. The predicted octanol–water partition coefficient (Wildman–Crippen LogP) is 4.62. The Morgan fingerprint density at radius 2 is 1.62 bits per heavy atom. The number of β-amino-alcohol motifs (C(OH)–C–C–N with tert-alkyl or cyclic N) is 1. The molecule has 2 amide bonds. The van der Waals surface area contributed by atoms with E-state index in [1.807, 2.05) is 54.6 Å². The Bertz CT molecular complexity index is 1410. The molecule has 3 aromatic rings. The number of aliphatic hydroxyl groups excluding tert-OH is 1. The number of fused-ring (bicyclic) bond motifs is 1. The highest BCUT2D eigenvalue weighted by molar-refractivity contribution is 5.89. The number of aliphatic hydroxyl groups is 1. The van der Waals surface area contributed by atoms with Crippen LogP contribution in [-0.4, -0.2) is 90.4 Å². The van der Waals surface area contributed by atoms with E-state index in [9.17, 15) is 9.90 Å². The molecule has 3 aliphatic rings. The molecule has 3 fully saturated rings. The van der Waals surface area contributed by atoms with Gasteiger partial charge < -0.3 is 25.0 Å². The third-order valence-electron chi connectivity index (χ3n) is 8.43. The van der Waals surface area contributed by atoms with Gasteiger partial charge in [-0.05, 0) is 87.5 Å². The van der Waals surface area contributed by atoms with Crippen LogP contribution in [0, 0.1) is 11.8 Å². The van der Waals surface area contributed by atoms with Crippen LogP contribution in [0.5, 0.6) is 5.75 Å². The Balaban J connectivity index is 1.18. The van der Waals surface area contributed by atoms with Gasteiger partial charge in [0.15, 0.2) is 0 Å². The molecule has 218 valence electrons. The van der Waals surface area contributed by atoms with E-state index in [0.717, 1.165) is 48.5 Å². The Morgan fingerprint density at radius 3 is 2.29 bits per heavy atom. The molecule has 2 saturated heterocycles. The highest BCUT2D eigenvalue weighted by atomic mass is 16.5. The van der Waals surface area contributed by atoms with Crippen molar-refractivity contribution in [1.29, 1.82) is 0 Å². The molecule has 2 N–H and O–H groups in total. The Hall–Kier alpha value is -3.83. The van der Waals surface area contributed by atoms with Crippen LogP contribution in [0.25, 0.3) is 0 Å². The summed E-state index contributed by atoms with van der Waals surface area (Å²) in [5.41, 5.74) is 3.97. The average Bonchev–Trinajstić information content (AvgIpc) is 3.80. The van der Waals surface area contributed by atoms with Gasteiger partial charge in [0.25, 0.3) is 0 Å². The number of amides is 2. The lowest BCUT2D eigenvalue weighted by Crippen LogP contribution is -2.69. The van der Waals surface area contributed by atoms with E-state index in [-0.39, 0.29) is 18.0 Å². The van der Waals surface area contributed by atoms with Crippen molar-refractivity contribution in [3.8, 4) is 17.6 Å². The van der Waals surface area contributed by atoms with E-state index in [1.165, 1.54) is 5.56 Å². The maximum absolute atomic E-state index is 13.5. The summed E-state index contributed by atoms with van der Waals surface area (Å²) >= 11 is 0. The van der Waals surface area contributed by atoms with Crippen LogP contribution in [0.4, 0.5) is 10.5 Å². The molecule has 1 saturated carbocycles. The average molecular weight is 565 g/mol. The first kappa shape index (κ1) is 28.3. The van der Waals surface area contributed by atoms with E-state index in [1.54, 1.807) is 4.90 Å². The smallest absolute Gasteiger partial charge is 0.321 e. The molecule has 7 heteroatoms. The fraction of sp³-hybridized carbons (Fsp3) is 0.400. The predicted molar refractivity (Wildman–Crippen MR) is 166 cm³/mol. The lowest BCUT2D eigenvalue weighted by molar-refractivity contribution is -0.0605. The van der Waals surface area contributed by atoms with Crippen molar-refractivity contribution in [3.05, 3.63) is 95.6 Å². The largest absolute Gasteiger partial charge is 0.490 e. The first-order chi connectivity index (χ1) is 20.4. The highest BCUT2D eigenvalue weighted by Gasteiger charge is 2.50. The number of hydrogen-bond acceptors (Lipinski definition) is 5. The number of rotatable bonds is 6. The fourth-order valence-corrected chi connectivity index (χ4v) is 6.16. The molecule has 2 aliphatic heterocycles. The lowest BCUT2D eigenvalue weighted by atomic mass is 9.73. The molecule has 0 bridgehead atoms. The first-order valence-electron chi connectivity index (χ1n) is 15.0. The van der Waals surface area contributed by atoms with Crippen LogP contribution in [0.3, 0.4) is 0 Å². The fourth-order valence-electron chi connectivity index (χ4n) is 6.16. The van der Waals surface area contributed by atoms with Crippen molar-refractivity contribution in [3.63, 3.8) is 0 Å². The van der Waals surface area contributed by atoms with E-state index >= 15 is 0 Å². The molecular weight excluding hydrogens is 524 g/mol. The van der Waals surface area contributed by atoms with Gasteiger partial charge in [-0.25, -0.2) is 4.79 Å². The zero-order chi connectivity index (χ0) is 29.1. The van der Waals surface area contributed by atoms with Crippen molar-refractivity contribution in [2.24, 2.45) is 0 Å². The highest BCUT2D eigenvalue weighted by Crippen LogP contribution is 2.42. The minimum Gasteiger partial charge on any atom is -0.490 e.